The van der Waals surface area contributed by atoms with E-state index in [1.807, 2.05) is 18.0 Å². The van der Waals surface area contributed by atoms with Gasteiger partial charge in [0.2, 0.25) is 5.91 Å². The second-order valence-corrected chi connectivity index (χ2v) is 7.56. The third-order valence-electron chi connectivity index (χ3n) is 5.34. The molecule has 3 fully saturated rings. The molecule has 2 saturated heterocycles. The smallest absolute Gasteiger partial charge is 0.254 e. The molecule has 1 aliphatic carbocycles. The van der Waals surface area contributed by atoms with Gasteiger partial charge in [-0.05, 0) is 31.8 Å². The van der Waals surface area contributed by atoms with E-state index in [4.69, 9.17) is 9.72 Å². The van der Waals surface area contributed by atoms with Gasteiger partial charge in [0.25, 0.3) is 5.91 Å². The number of nitrogens with zero attached hydrogens (tertiary/aromatic N) is 4. The van der Waals surface area contributed by atoms with E-state index in [0.717, 1.165) is 43.9 Å². The Labute approximate surface area is 161 Å². The van der Waals surface area contributed by atoms with Crippen LogP contribution in [0.1, 0.15) is 37.7 Å². The molecular formula is C19H22N6O3. The van der Waals surface area contributed by atoms with Crippen LogP contribution in [0.25, 0.3) is 11.7 Å². The summed E-state index contributed by atoms with van der Waals surface area (Å²) in [5.74, 6) is 1.02. The predicted molar refractivity (Wildman–Crippen MR) is 103 cm³/mol. The van der Waals surface area contributed by atoms with Gasteiger partial charge in [-0.3, -0.25) is 14.9 Å². The van der Waals surface area contributed by atoms with E-state index in [9.17, 15) is 9.59 Å². The van der Waals surface area contributed by atoms with Gasteiger partial charge in [0.05, 0.1) is 12.6 Å². The Balaban J connectivity index is 1.58. The summed E-state index contributed by atoms with van der Waals surface area (Å²) in [6, 6.07) is 2.44. The molecule has 2 aromatic heterocycles. The first-order chi connectivity index (χ1) is 13.6. The van der Waals surface area contributed by atoms with Gasteiger partial charge in [0.1, 0.15) is 17.9 Å². The van der Waals surface area contributed by atoms with Crippen LogP contribution in [0.5, 0.6) is 0 Å². The first-order valence-electron chi connectivity index (χ1n) is 9.63. The number of fused-ring (bicyclic) bond motifs is 1. The molecule has 0 radical (unpaired) electrons. The van der Waals surface area contributed by atoms with Crippen molar-refractivity contribution in [2.75, 3.05) is 23.9 Å². The van der Waals surface area contributed by atoms with Gasteiger partial charge < -0.3 is 15.0 Å². The molecule has 9 nitrogen and oxygen atoms in total. The Morgan fingerprint density at radius 1 is 1.36 bits per heavy atom. The Kier molecular flexibility index (Phi) is 4.04. The van der Waals surface area contributed by atoms with Crippen LogP contribution in [0.2, 0.25) is 0 Å². The third kappa shape index (κ3) is 3.11. The summed E-state index contributed by atoms with van der Waals surface area (Å²) < 4.78 is 7.56. The van der Waals surface area contributed by atoms with E-state index in [-0.39, 0.29) is 24.5 Å². The minimum Gasteiger partial charge on any atom is -0.367 e. The molecule has 0 spiro atoms. The Morgan fingerprint density at radius 3 is 2.89 bits per heavy atom. The molecule has 0 aromatic carbocycles. The molecule has 146 valence electrons. The molecule has 9 heteroatoms. The van der Waals surface area contributed by atoms with Crippen molar-refractivity contribution in [3.05, 3.63) is 23.4 Å². The monoisotopic (exact) mass is 382 g/mol. The second kappa shape index (κ2) is 6.59. The van der Waals surface area contributed by atoms with Crippen LogP contribution in [0.4, 0.5) is 11.6 Å². The van der Waals surface area contributed by atoms with Gasteiger partial charge in [-0.2, -0.15) is 9.61 Å². The van der Waals surface area contributed by atoms with Crippen LogP contribution in [-0.2, 0) is 14.3 Å². The zero-order valence-corrected chi connectivity index (χ0v) is 15.6. The number of hydrogen-bond acceptors (Lipinski definition) is 7. The zero-order valence-electron chi connectivity index (χ0n) is 15.6. The lowest BCUT2D eigenvalue weighted by atomic mass is 10.1. The topological polar surface area (TPSA) is 101 Å². The summed E-state index contributed by atoms with van der Waals surface area (Å²) in [5.41, 5.74) is 1.78. The maximum absolute atomic E-state index is 11.9. The van der Waals surface area contributed by atoms with Crippen LogP contribution in [0.3, 0.4) is 0 Å². The van der Waals surface area contributed by atoms with Crippen LogP contribution >= 0.6 is 0 Å². The summed E-state index contributed by atoms with van der Waals surface area (Å²) in [6.07, 6.45) is 7.75. The minimum absolute atomic E-state index is 0.00619. The van der Waals surface area contributed by atoms with E-state index in [1.54, 1.807) is 16.8 Å². The Bertz CT molecular complexity index is 987. The minimum atomic E-state index is -0.353. The maximum atomic E-state index is 11.9. The lowest BCUT2D eigenvalue weighted by Gasteiger charge is -2.25. The first-order valence-corrected chi connectivity index (χ1v) is 9.63. The molecule has 2 amide bonds. The lowest BCUT2D eigenvalue weighted by molar-refractivity contribution is -0.124. The SMILES string of the molecule is CN(c1cc(NC2CC2)n2ncc(C=C3CC(=O)NC3=O)c2n1)C1CCCO1. The van der Waals surface area contributed by atoms with Crippen LogP contribution in [-0.4, -0.2) is 52.3 Å². The molecule has 0 bridgehead atoms. The van der Waals surface area contributed by atoms with E-state index in [2.05, 4.69) is 15.7 Å². The van der Waals surface area contributed by atoms with Gasteiger partial charge in [-0.1, -0.05) is 0 Å². The van der Waals surface area contributed by atoms with E-state index in [0.29, 0.717) is 22.8 Å². The number of anilines is 2. The molecule has 2 aliphatic heterocycles. The summed E-state index contributed by atoms with van der Waals surface area (Å²) in [4.78, 5) is 30.3. The molecular weight excluding hydrogens is 360 g/mol. The molecule has 3 aliphatic rings. The molecule has 1 unspecified atom stereocenters. The van der Waals surface area contributed by atoms with Crippen LogP contribution < -0.4 is 15.5 Å². The standard InChI is InChI=1S/C19H22N6O3/c1-24(17-3-2-6-28-17)14-9-15(21-13-4-5-13)25-18(22-14)12(10-20-25)7-11-8-16(26)23-19(11)27/h7,9-10,13,17,21H,2-6,8H2,1H3,(H,23,26,27). The summed E-state index contributed by atoms with van der Waals surface area (Å²) >= 11 is 0. The highest BCUT2D eigenvalue weighted by molar-refractivity contribution is 6.15. The van der Waals surface area contributed by atoms with Crippen molar-refractivity contribution in [3.8, 4) is 0 Å². The quantitative estimate of drug-likeness (QED) is 0.594. The van der Waals surface area contributed by atoms with Crippen molar-refractivity contribution >= 4 is 35.2 Å². The fourth-order valence-electron chi connectivity index (χ4n) is 3.61. The van der Waals surface area contributed by atoms with Gasteiger partial charge >= 0.3 is 0 Å². The largest absolute Gasteiger partial charge is 0.367 e. The van der Waals surface area contributed by atoms with Gasteiger partial charge in [-0.15, -0.1) is 0 Å². The number of aromatic nitrogens is 3. The fourth-order valence-corrected chi connectivity index (χ4v) is 3.61. The average molecular weight is 382 g/mol. The van der Waals surface area contributed by atoms with Crippen molar-refractivity contribution in [2.24, 2.45) is 0 Å². The highest BCUT2D eigenvalue weighted by Gasteiger charge is 2.27. The van der Waals surface area contributed by atoms with Crippen LogP contribution in [0.15, 0.2) is 17.8 Å². The Hall–Kier alpha value is -2.94. The first kappa shape index (κ1) is 17.2. The van der Waals surface area contributed by atoms with Crippen molar-refractivity contribution in [1.29, 1.82) is 0 Å². The van der Waals surface area contributed by atoms with E-state index in [1.165, 1.54) is 0 Å². The average Bonchev–Trinajstić information content (AvgIpc) is 3.07. The van der Waals surface area contributed by atoms with E-state index >= 15 is 0 Å². The van der Waals surface area contributed by atoms with E-state index < -0.39 is 0 Å². The summed E-state index contributed by atoms with van der Waals surface area (Å²) in [5, 5.41) is 10.3. The molecule has 2 aromatic rings. The van der Waals surface area contributed by atoms with Crippen molar-refractivity contribution < 1.29 is 14.3 Å². The highest BCUT2D eigenvalue weighted by atomic mass is 16.5. The number of carbonyl (C=O) groups excluding carboxylic acids is 2. The number of imide groups is 1. The fraction of sp³-hybridized carbons (Fsp3) is 0.474. The molecule has 5 rings (SSSR count). The Morgan fingerprint density at radius 2 is 2.21 bits per heavy atom. The number of hydrogen-bond donors (Lipinski definition) is 2. The highest BCUT2D eigenvalue weighted by Crippen LogP contribution is 2.30. The normalized spacial score (nSPS) is 23.6. The van der Waals surface area contributed by atoms with Crippen molar-refractivity contribution in [1.82, 2.24) is 19.9 Å². The summed E-state index contributed by atoms with van der Waals surface area (Å²) in [7, 11) is 1.98. The molecule has 1 saturated carbocycles. The second-order valence-electron chi connectivity index (χ2n) is 7.56. The van der Waals surface area contributed by atoms with Gasteiger partial charge in [0.15, 0.2) is 5.65 Å². The number of amides is 2. The number of ether oxygens (including phenoxy) is 1. The lowest BCUT2D eigenvalue weighted by Crippen LogP contribution is -2.31. The van der Waals surface area contributed by atoms with Gasteiger partial charge in [0, 0.05) is 36.9 Å². The number of carbonyl (C=O) groups is 2. The molecule has 1 atom stereocenters. The van der Waals surface area contributed by atoms with Crippen molar-refractivity contribution in [2.45, 2.75) is 44.4 Å². The van der Waals surface area contributed by atoms with Gasteiger partial charge in [-0.25, -0.2) is 4.98 Å². The third-order valence-corrected chi connectivity index (χ3v) is 5.34. The summed E-state index contributed by atoms with van der Waals surface area (Å²) in [6.45, 7) is 0.762. The molecule has 2 N–H and O–H groups in total. The zero-order chi connectivity index (χ0) is 19.3. The molecule has 28 heavy (non-hydrogen) atoms. The predicted octanol–water partition coefficient (Wildman–Crippen LogP) is 1.31. The van der Waals surface area contributed by atoms with Crippen molar-refractivity contribution in [3.63, 3.8) is 0 Å². The maximum Gasteiger partial charge on any atom is 0.254 e. The number of nitrogens with one attached hydrogen (secondary N) is 2. The molecule has 4 heterocycles. The number of rotatable bonds is 5. The van der Waals surface area contributed by atoms with Crippen LogP contribution in [0, 0.1) is 0 Å².